The molecule has 0 aliphatic rings. The topological polar surface area (TPSA) is 95.1 Å². The van der Waals surface area contributed by atoms with E-state index in [-0.39, 0.29) is 23.6 Å². The van der Waals surface area contributed by atoms with Crippen molar-refractivity contribution in [1.82, 2.24) is 24.3 Å². The number of hydrogen-bond acceptors (Lipinski definition) is 6. The lowest BCUT2D eigenvalue weighted by atomic mass is 9.86. The minimum absolute atomic E-state index is 0.0967. The number of hydrogen-bond donors (Lipinski definition) is 1. The molecule has 0 saturated carbocycles. The molecular formula is C25H21F6N5O3. The molecule has 8 nitrogen and oxygen atoms in total. The van der Waals surface area contributed by atoms with Crippen molar-refractivity contribution >= 4 is 0 Å². The van der Waals surface area contributed by atoms with Gasteiger partial charge in [-0.15, -0.1) is 0 Å². The molecule has 0 radical (unpaired) electrons. The molecule has 0 spiro atoms. The SMILES string of the molecule is C[C@@H](n1ccc(-c2ccc(OCC(F)(F)C(F)F)cc2)nc1=O)[C@](O)(Cn1cncn1)c1ccc(F)cc1F. The Bertz CT molecular complexity index is 1480. The lowest BCUT2D eigenvalue weighted by Gasteiger charge is -2.35. The van der Waals surface area contributed by atoms with Gasteiger partial charge in [0.15, 0.2) is 6.61 Å². The molecule has 0 aliphatic carbocycles. The summed E-state index contributed by atoms with van der Waals surface area (Å²) >= 11 is 0. The third-order valence-electron chi connectivity index (χ3n) is 6.11. The van der Waals surface area contributed by atoms with Crippen LogP contribution in [0.25, 0.3) is 11.3 Å². The van der Waals surface area contributed by atoms with E-state index in [2.05, 4.69) is 15.1 Å². The van der Waals surface area contributed by atoms with Gasteiger partial charge in [-0.3, -0.25) is 4.57 Å². The van der Waals surface area contributed by atoms with Crippen molar-refractivity contribution in [3.63, 3.8) is 0 Å². The van der Waals surface area contributed by atoms with Gasteiger partial charge in [-0.05, 0) is 43.3 Å². The second-order valence-corrected chi connectivity index (χ2v) is 8.69. The first kappa shape index (κ1) is 27.8. The Hall–Kier alpha value is -4.20. The first-order valence-electron chi connectivity index (χ1n) is 11.4. The van der Waals surface area contributed by atoms with Crippen LogP contribution in [0.3, 0.4) is 0 Å². The van der Waals surface area contributed by atoms with Crippen LogP contribution < -0.4 is 10.4 Å². The predicted molar refractivity (Wildman–Crippen MR) is 125 cm³/mol. The minimum Gasteiger partial charge on any atom is -0.487 e. The third kappa shape index (κ3) is 5.95. The molecule has 4 rings (SSSR count). The van der Waals surface area contributed by atoms with Crippen LogP contribution >= 0.6 is 0 Å². The van der Waals surface area contributed by atoms with Crippen molar-refractivity contribution in [2.24, 2.45) is 0 Å². The lowest BCUT2D eigenvalue weighted by Crippen LogP contribution is -2.44. The van der Waals surface area contributed by atoms with Crippen molar-refractivity contribution in [3.05, 3.63) is 95.1 Å². The Balaban J connectivity index is 1.61. The highest BCUT2D eigenvalue weighted by atomic mass is 19.3. The maximum Gasteiger partial charge on any atom is 0.348 e. The predicted octanol–water partition coefficient (Wildman–Crippen LogP) is 4.21. The average molecular weight is 553 g/mol. The van der Waals surface area contributed by atoms with Crippen LogP contribution in [0.4, 0.5) is 26.3 Å². The van der Waals surface area contributed by atoms with Gasteiger partial charge in [0, 0.05) is 23.4 Å². The molecule has 39 heavy (non-hydrogen) atoms. The van der Waals surface area contributed by atoms with E-state index in [1.54, 1.807) is 0 Å². The Morgan fingerprint density at radius 1 is 1.08 bits per heavy atom. The highest BCUT2D eigenvalue weighted by Gasteiger charge is 2.42. The number of rotatable bonds is 10. The minimum atomic E-state index is -4.31. The highest BCUT2D eigenvalue weighted by Crippen LogP contribution is 2.36. The van der Waals surface area contributed by atoms with E-state index in [0.29, 0.717) is 11.6 Å². The molecule has 0 unspecified atom stereocenters. The molecule has 14 heteroatoms. The van der Waals surface area contributed by atoms with Crippen molar-refractivity contribution in [3.8, 4) is 17.0 Å². The lowest BCUT2D eigenvalue weighted by molar-refractivity contribution is -0.148. The summed E-state index contributed by atoms with van der Waals surface area (Å²) in [7, 11) is 0. The van der Waals surface area contributed by atoms with E-state index in [0.717, 1.165) is 16.7 Å². The van der Waals surface area contributed by atoms with Gasteiger partial charge in [0.1, 0.15) is 35.6 Å². The molecule has 0 bridgehead atoms. The molecule has 0 saturated heterocycles. The number of ether oxygens (including phenoxy) is 1. The summed E-state index contributed by atoms with van der Waals surface area (Å²) < 4.78 is 86.1. The normalized spacial score (nSPS) is 14.3. The number of aromatic nitrogens is 5. The quantitative estimate of drug-likeness (QED) is 0.296. The maximum absolute atomic E-state index is 14.8. The van der Waals surface area contributed by atoms with Crippen molar-refractivity contribution < 1.29 is 36.2 Å². The molecule has 2 aromatic carbocycles. The molecule has 4 aromatic rings. The molecule has 0 aliphatic heterocycles. The van der Waals surface area contributed by atoms with E-state index in [1.165, 1.54) is 60.8 Å². The summed E-state index contributed by atoms with van der Waals surface area (Å²) in [6, 6.07) is 8.23. The molecule has 2 atom stereocenters. The smallest absolute Gasteiger partial charge is 0.348 e. The fourth-order valence-electron chi connectivity index (χ4n) is 3.91. The van der Waals surface area contributed by atoms with E-state index in [4.69, 9.17) is 4.74 Å². The summed E-state index contributed by atoms with van der Waals surface area (Å²) in [4.78, 5) is 20.8. The Morgan fingerprint density at radius 3 is 2.38 bits per heavy atom. The zero-order chi connectivity index (χ0) is 28.4. The van der Waals surface area contributed by atoms with Gasteiger partial charge in [0.25, 0.3) is 0 Å². The van der Waals surface area contributed by atoms with Crippen LogP contribution in [0, 0.1) is 11.6 Å². The molecule has 1 N–H and O–H groups in total. The van der Waals surface area contributed by atoms with Gasteiger partial charge in [-0.2, -0.15) is 18.9 Å². The Morgan fingerprint density at radius 2 is 1.79 bits per heavy atom. The fourth-order valence-corrected chi connectivity index (χ4v) is 3.91. The zero-order valence-corrected chi connectivity index (χ0v) is 20.2. The third-order valence-corrected chi connectivity index (χ3v) is 6.11. The van der Waals surface area contributed by atoms with Gasteiger partial charge >= 0.3 is 18.0 Å². The van der Waals surface area contributed by atoms with Crippen LogP contribution in [0.15, 0.2) is 72.2 Å². The summed E-state index contributed by atoms with van der Waals surface area (Å²) in [6.45, 7) is -0.400. The van der Waals surface area contributed by atoms with E-state index < -0.39 is 47.9 Å². The van der Waals surface area contributed by atoms with E-state index in [9.17, 15) is 36.2 Å². The molecular weight excluding hydrogens is 532 g/mol. The highest BCUT2D eigenvalue weighted by molar-refractivity contribution is 5.59. The summed E-state index contributed by atoms with van der Waals surface area (Å²) in [5.41, 5.74) is -2.66. The Kier molecular flexibility index (Phi) is 7.77. The molecule has 2 heterocycles. The molecule has 0 fully saturated rings. The molecule has 0 amide bonds. The van der Waals surface area contributed by atoms with E-state index in [1.807, 2.05) is 0 Å². The largest absolute Gasteiger partial charge is 0.487 e. The first-order chi connectivity index (χ1) is 18.4. The molecule has 206 valence electrons. The first-order valence-corrected chi connectivity index (χ1v) is 11.4. The van der Waals surface area contributed by atoms with Gasteiger partial charge in [0.05, 0.1) is 18.3 Å². The standard InChI is InChI=1S/C25H21F6N5O3/c1-15(24(38,11-35-14-32-13-33-35)19-7-4-17(26)10-20(19)27)36-9-8-21(34-23(36)37)16-2-5-18(6-3-16)39-12-25(30,31)22(28)29/h2-10,13-15,22,38H,11-12H2,1H3/t15-,24-/m1/s1. The van der Waals surface area contributed by atoms with Crippen molar-refractivity contribution in [1.29, 1.82) is 0 Å². The summed E-state index contributed by atoms with van der Waals surface area (Å²) in [5.74, 6) is -6.29. The monoisotopic (exact) mass is 553 g/mol. The van der Waals surface area contributed by atoms with Crippen LogP contribution in [0.1, 0.15) is 18.5 Å². The average Bonchev–Trinajstić information content (AvgIpc) is 3.40. The number of benzene rings is 2. The van der Waals surface area contributed by atoms with Crippen molar-refractivity contribution in [2.75, 3.05) is 6.61 Å². The number of alkyl halides is 4. The van der Waals surface area contributed by atoms with Crippen LogP contribution in [-0.4, -0.2) is 48.4 Å². The fraction of sp³-hybridized carbons (Fsp3) is 0.280. The second-order valence-electron chi connectivity index (χ2n) is 8.69. The van der Waals surface area contributed by atoms with Gasteiger partial charge in [0.2, 0.25) is 0 Å². The van der Waals surface area contributed by atoms with Crippen LogP contribution in [0.2, 0.25) is 0 Å². The Labute approximate surface area is 217 Å². The zero-order valence-electron chi connectivity index (χ0n) is 20.2. The van der Waals surface area contributed by atoms with Crippen LogP contribution in [-0.2, 0) is 12.1 Å². The number of nitrogens with zero attached hydrogens (tertiary/aromatic N) is 5. The number of halogens is 6. The molecule has 2 aromatic heterocycles. The summed E-state index contributed by atoms with van der Waals surface area (Å²) in [6.07, 6.45) is -0.0692. The van der Waals surface area contributed by atoms with E-state index >= 15 is 0 Å². The van der Waals surface area contributed by atoms with Gasteiger partial charge < -0.3 is 9.84 Å². The summed E-state index contributed by atoms with van der Waals surface area (Å²) in [5, 5.41) is 15.6. The van der Waals surface area contributed by atoms with Crippen LogP contribution in [0.5, 0.6) is 5.75 Å². The van der Waals surface area contributed by atoms with Crippen molar-refractivity contribution in [2.45, 2.75) is 37.5 Å². The number of aliphatic hydroxyl groups is 1. The van der Waals surface area contributed by atoms with Gasteiger partial charge in [-0.25, -0.2) is 32.0 Å². The maximum atomic E-state index is 14.8. The second kappa shape index (κ2) is 10.9. The van der Waals surface area contributed by atoms with Gasteiger partial charge in [-0.1, -0.05) is 6.07 Å².